The molecule has 0 atom stereocenters. The van der Waals surface area contributed by atoms with E-state index in [1.165, 1.54) is 0 Å². The molecule has 0 saturated heterocycles. The van der Waals surface area contributed by atoms with Crippen LogP contribution in [0.4, 0.5) is 24.5 Å². The lowest BCUT2D eigenvalue weighted by molar-refractivity contribution is -0.384. The number of carbonyl (C=O) groups is 1. The summed E-state index contributed by atoms with van der Waals surface area (Å²) in [5.41, 5.74) is -1.55. The number of carbonyl (C=O) groups excluding carboxylic acids is 1. The lowest BCUT2D eigenvalue weighted by Crippen LogP contribution is -2.16. The fraction of sp³-hybridized carbons (Fsp3) is 0.250. The van der Waals surface area contributed by atoms with E-state index in [-0.39, 0.29) is 11.4 Å². The highest BCUT2D eigenvalue weighted by atomic mass is 32.2. The van der Waals surface area contributed by atoms with Crippen LogP contribution >= 0.6 is 11.8 Å². The number of methoxy groups -OCH3 is 1. The van der Waals surface area contributed by atoms with Crippen molar-refractivity contribution in [3.8, 4) is 17.1 Å². The van der Waals surface area contributed by atoms with Gasteiger partial charge in [0.2, 0.25) is 5.91 Å². The van der Waals surface area contributed by atoms with E-state index in [9.17, 15) is 28.1 Å². The van der Waals surface area contributed by atoms with Gasteiger partial charge in [-0.3, -0.25) is 14.9 Å². The highest BCUT2D eigenvalue weighted by Gasteiger charge is 2.33. The molecule has 2 aromatic carbocycles. The van der Waals surface area contributed by atoms with Crippen molar-refractivity contribution in [1.29, 1.82) is 0 Å². The minimum absolute atomic E-state index is 0.182. The van der Waals surface area contributed by atoms with Crippen LogP contribution in [0.2, 0.25) is 0 Å². The van der Waals surface area contributed by atoms with Crippen molar-refractivity contribution >= 4 is 29.0 Å². The van der Waals surface area contributed by atoms with E-state index >= 15 is 0 Å². The van der Waals surface area contributed by atoms with Gasteiger partial charge < -0.3 is 14.6 Å². The first kappa shape index (κ1) is 24.0. The third-order valence-corrected chi connectivity index (χ3v) is 5.48. The molecule has 3 rings (SSSR count). The molecule has 33 heavy (non-hydrogen) atoms. The molecular formula is C20H18F3N5O4S. The van der Waals surface area contributed by atoms with Gasteiger partial charge in [-0.1, -0.05) is 11.8 Å². The first-order valence-corrected chi connectivity index (χ1v) is 10.5. The van der Waals surface area contributed by atoms with Gasteiger partial charge in [-0.15, -0.1) is 10.2 Å². The third-order valence-electron chi connectivity index (χ3n) is 4.51. The molecule has 1 amide bonds. The van der Waals surface area contributed by atoms with Gasteiger partial charge in [0.15, 0.2) is 11.0 Å². The van der Waals surface area contributed by atoms with Gasteiger partial charge in [0.1, 0.15) is 11.4 Å². The molecule has 0 unspecified atom stereocenters. The lowest BCUT2D eigenvalue weighted by Gasteiger charge is -2.10. The number of halogens is 3. The van der Waals surface area contributed by atoms with E-state index < -0.39 is 28.3 Å². The Bertz CT molecular complexity index is 1170. The van der Waals surface area contributed by atoms with E-state index in [0.29, 0.717) is 35.4 Å². The maximum absolute atomic E-state index is 12.8. The molecular weight excluding hydrogens is 463 g/mol. The van der Waals surface area contributed by atoms with Gasteiger partial charge in [0.05, 0.1) is 23.3 Å². The van der Waals surface area contributed by atoms with Gasteiger partial charge in [0.25, 0.3) is 5.69 Å². The topological polar surface area (TPSA) is 112 Å². The van der Waals surface area contributed by atoms with Crippen LogP contribution in [-0.4, -0.2) is 38.5 Å². The zero-order chi connectivity index (χ0) is 24.2. The highest BCUT2D eigenvalue weighted by molar-refractivity contribution is 7.99. The van der Waals surface area contributed by atoms with Crippen molar-refractivity contribution in [3.05, 3.63) is 58.1 Å². The molecule has 1 aromatic heterocycles. The number of aromatic nitrogens is 3. The SMILES string of the molecule is CCn1c(SCC(=O)Nc2ccc(C(F)(F)F)cc2[N+](=O)[O-])nnc1-c1ccc(OC)cc1. The van der Waals surface area contributed by atoms with Gasteiger partial charge in [-0.05, 0) is 43.3 Å². The largest absolute Gasteiger partial charge is 0.497 e. The molecule has 0 aliphatic heterocycles. The van der Waals surface area contributed by atoms with Crippen molar-refractivity contribution in [2.75, 3.05) is 18.2 Å². The van der Waals surface area contributed by atoms with Crippen molar-refractivity contribution in [1.82, 2.24) is 14.8 Å². The van der Waals surface area contributed by atoms with Gasteiger partial charge in [-0.25, -0.2) is 0 Å². The molecule has 1 N–H and O–H groups in total. The Morgan fingerprint density at radius 1 is 1.21 bits per heavy atom. The Hall–Kier alpha value is -3.61. The minimum Gasteiger partial charge on any atom is -0.497 e. The molecule has 3 aromatic rings. The van der Waals surface area contributed by atoms with E-state index in [0.717, 1.165) is 23.4 Å². The smallest absolute Gasteiger partial charge is 0.416 e. The predicted molar refractivity (Wildman–Crippen MR) is 115 cm³/mol. The number of rotatable bonds is 8. The molecule has 174 valence electrons. The van der Waals surface area contributed by atoms with Crippen molar-refractivity contribution < 1.29 is 27.6 Å². The number of hydrogen-bond acceptors (Lipinski definition) is 7. The molecule has 0 bridgehead atoms. The van der Waals surface area contributed by atoms with Crippen LogP contribution in [0.5, 0.6) is 5.75 Å². The van der Waals surface area contributed by atoms with Gasteiger partial charge >= 0.3 is 6.18 Å². The Morgan fingerprint density at radius 3 is 2.48 bits per heavy atom. The Morgan fingerprint density at radius 2 is 1.91 bits per heavy atom. The Labute approximate surface area is 190 Å². The molecule has 0 aliphatic carbocycles. The summed E-state index contributed by atoms with van der Waals surface area (Å²) in [6.07, 6.45) is -4.74. The summed E-state index contributed by atoms with van der Waals surface area (Å²) in [4.78, 5) is 22.5. The summed E-state index contributed by atoms with van der Waals surface area (Å²) >= 11 is 1.05. The normalized spacial score (nSPS) is 11.3. The van der Waals surface area contributed by atoms with Crippen LogP contribution < -0.4 is 10.1 Å². The third kappa shape index (κ3) is 5.61. The number of nitro benzene ring substituents is 1. The van der Waals surface area contributed by atoms with Crippen molar-refractivity contribution in [3.63, 3.8) is 0 Å². The molecule has 1 heterocycles. The number of thioether (sulfide) groups is 1. The van der Waals surface area contributed by atoms with E-state index in [2.05, 4.69) is 15.5 Å². The van der Waals surface area contributed by atoms with E-state index in [1.54, 1.807) is 23.8 Å². The first-order valence-electron chi connectivity index (χ1n) is 9.50. The molecule has 0 spiro atoms. The fourth-order valence-corrected chi connectivity index (χ4v) is 3.72. The van der Waals surface area contributed by atoms with Crippen molar-refractivity contribution in [2.45, 2.75) is 24.8 Å². The second kappa shape index (κ2) is 9.90. The molecule has 0 radical (unpaired) electrons. The number of amides is 1. The number of nitro groups is 1. The van der Waals surface area contributed by atoms with Crippen LogP contribution in [0.25, 0.3) is 11.4 Å². The number of hydrogen-bond donors (Lipinski definition) is 1. The number of anilines is 1. The second-order valence-corrected chi connectivity index (χ2v) is 7.55. The Balaban J connectivity index is 1.72. The van der Waals surface area contributed by atoms with Crippen LogP contribution in [-0.2, 0) is 17.5 Å². The summed E-state index contributed by atoms with van der Waals surface area (Å²) in [5, 5.41) is 22.2. The lowest BCUT2D eigenvalue weighted by atomic mass is 10.1. The van der Waals surface area contributed by atoms with E-state index in [4.69, 9.17) is 4.74 Å². The number of alkyl halides is 3. The second-order valence-electron chi connectivity index (χ2n) is 6.60. The molecule has 9 nitrogen and oxygen atoms in total. The average molecular weight is 481 g/mol. The number of benzene rings is 2. The highest BCUT2D eigenvalue weighted by Crippen LogP contribution is 2.35. The zero-order valence-electron chi connectivity index (χ0n) is 17.4. The Kier molecular flexibility index (Phi) is 7.21. The maximum atomic E-state index is 12.8. The number of ether oxygens (including phenoxy) is 1. The molecule has 0 aliphatic rings. The quantitative estimate of drug-likeness (QED) is 0.284. The summed E-state index contributed by atoms with van der Waals surface area (Å²) in [5.74, 6) is 0.449. The van der Waals surface area contributed by atoms with Crippen LogP contribution in [0.1, 0.15) is 12.5 Å². The van der Waals surface area contributed by atoms with Crippen LogP contribution in [0.3, 0.4) is 0 Å². The monoisotopic (exact) mass is 481 g/mol. The predicted octanol–water partition coefficient (Wildman–Crippen LogP) is 4.63. The summed E-state index contributed by atoms with van der Waals surface area (Å²) in [7, 11) is 1.56. The number of nitrogens with one attached hydrogen (secondary N) is 1. The van der Waals surface area contributed by atoms with Gasteiger partial charge in [0, 0.05) is 18.2 Å². The maximum Gasteiger partial charge on any atom is 0.416 e. The standard InChI is InChI=1S/C20H18F3N5O4S/c1-3-27-18(12-4-7-14(32-2)8-5-12)25-26-19(27)33-11-17(29)24-15-9-6-13(20(21,22)23)10-16(15)28(30)31/h4-10H,3,11H2,1-2H3,(H,24,29). The molecule has 0 saturated carbocycles. The van der Waals surface area contributed by atoms with Crippen molar-refractivity contribution in [2.24, 2.45) is 0 Å². The van der Waals surface area contributed by atoms with Crippen LogP contribution in [0.15, 0.2) is 47.6 Å². The van der Waals surface area contributed by atoms with Crippen LogP contribution in [0, 0.1) is 10.1 Å². The molecule has 0 fully saturated rings. The van der Waals surface area contributed by atoms with E-state index in [1.807, 2.05) is 19.1 Å². The summed E-state index contributed by atoms with van der Waals surface area (Å²) < 4.78 is 45.4. The zero-order valence-corrected chi connectivity index (χ0v) is 18.2. The average Bonchev–Trinajstić information content (AvgIpc) is 3.20. The minimum atomic E-state index is -4.74. The summed E-state index contributed by atoms with van der Waals surface area (Å²) in [6.45, 7) is 2.40. The molecule has 13 heteroatoms. The van der Waals surface area contributed by atoms with Gasteiger partial charge in [-0.2, -0.15) is 13.2 Å². The summed E-state index contributed by atoms with van der Waals surface area (Å²) in [6, 6.07) is 9.12. The first-order chi connectivity index (χ1) is 15.6. The fourth-order valence-electron chi connectivity index (χ4n) is 2.92. The number of nitrogens with zero attached hydrogens (tertiary/aromatic N) is 4.